The molecule has 1 unspecified atom stereocenters. The van der Waals surface area contributed by atoms with Gasteiger partial charge in [0.2, 0.25) is 0 Å². The zero-order valence-electron chi connectivity index (χ0n) is 15.6. The van der Waals surface area contributed by atoms with Crippen LogP contribution in [0.15, 0.2) is 4.42 Å². The Morgan fingerprint density at radius 2 is 1.96 bits per heavy atom. The number of rotatable bonds is 2. The van der Waals surface area contributed by atoms with Gasteiger partial charge >= 0.3 is 0 Å². The Labute approximate surface area is 144 Å². The third-order valence-corrected chi connectivity index (χ3v) is 5.74. The van der Waals surface area contributed by atoms with Crippen molar-refractivity contribution in [1.29, 1.82) is 0 Å². The summed E-state index contributed by atoms with van der Waals surface area (Å²) in [6, 6.07) is 0.261. The molecule has 2 aliphatic rings. The molecule has 1 N–H and O–H groups in total. The van der Waals surface area contributed by atoms with Crippen LogP contribution < -0.4 is 0 Å². The van der Waals surface area contributed by atoms with Gasteiger partial charge in [0.25, 0.3) is 5.91 Å². The van der Waals surface area contributed by atoms with Gasteiger partial charge in [0.1, 0.15) is 5.76 Å². The van der Waals surface area contributed by atoms with Crippen molar-refractivity contribution in [2.24, 2.45) is 5.41 Å². The monoisotopic (exact) mass is 334 g/mol. The highest BCUT2D eigenvalue weighted by molar-refractivity contribution is 5.93. The smallest absolute Gasteiger partial charge is 0.289 e. The number of carbonyl (C=O) groups excluding carboxylic acids is 1. The number of furan rings is 1. The number of carbonyl (C=O) groups is 1. The van der Waals surface area contributed by atoms with Crippen molar-refractivity contribution in [3.05, 3.63) is 22.6 Å². The zero-order chi connectivity index (χ0) is 17.6. The van der Waals surface area contributed by atoms with E-state index in [4.69, 9.17) is 4.42 Å². The average molecular weight is 334 g/mol. The molecule has 1 aliphatic heterocycles. The number of likely N-dealkylation sites (tertiary alicyclic amines) is 1. The van der Waals surface area contributed by atoms with E-state index in [1.807, 2.05) is 18.9 Å². The standard InChI is InChI=1S/C19H30N2O3/c1-12-16-14(22)10-19(2,3)11-15(16)24-17(12)18(23)21(5)13-6-8-20(4)9-7-13/h13-14,22H,6-11H2,1-5H3. The Bertz CT molecular complexity index is 627. The van der Waals surface area contributed by atoms with Crippen LogP contribution in [-0.4, -0.2) is 54.0 Å². The lowest BCUT2D eigenvalue weighted by Crippen LogP contribution is -2.44. The number of hydrogen-bond acceptors (Lipinski definition) is 4. The Kier molecular flexibility index (Phi) is 4.51. The predicted octanol–water partition coefficient (Wildman–Crippen LogP) is 2.76. The summed E-state index contributed by atoms with van der Waals surface area (Å²) in [5.74, 6) is 1.15. The molecule has 0 radical (unpaired) electrons. The number of aliphatic hydroxyl groups excluding tert-OH is 1. The second-order valence-corrected chi connectivity index (χ2v) is 8.40. The van der Waals surface area contributed by atoms with Crippen LogP contribution in [0, 0.1) is 12.3 Å². The molecule has 1 aliphatic carbocycles. The largest absolute Gasteiger partial charge is 0.455 e. The summed E-state index contributed by atoms with van der Waals surface area (Å²) in [4.78, 5) is 17.1. The van der Waals surface area contributed by atoms with Gasteiger partial charge in [0, 0.05) is 30.6 Å². The molecule has 1 amide bonds. The molecule has 24 heavy (non-hydrogen) atoms. The fraction of sp³-hybridized carbons (Fsp3) is 0.737. The van der Waals surface area contributed by atoms with Gasteiger partial charge in [0.15, 0.2) is 5.76 Å². The molecule has 5 nitrogen and oxygen atoms in total. The van der Waals surface area contributed by atoms with E-state index in [0.29, 0.717) is 12.2 Å². The average Bonchev–Trinajstić information content (AvgIpc) is 2.82. The maximum atomic E-state index is 13.0. The van der Waals surface area contributed by atoms with Crippen molar-refractivity contribution >= 4 is 5.91 Å². The molecule has 5 heteroatoms. The fourth-order valence-electron chi connectivity index (χ4n) is 4.20. The molecule has 1 saturated heterocycles. The molecule has 2 heterocycles. The maximum absolute atomic E-state index is 13.0. The molecule has 1 atom stereocenters. The normalized spacial score (nSPS) is 24.7. The van der Waals surface area contributed by atoms with Crippen LogP contribution in [0.1, 0.15) is 66.7 Å². The third kappa shape index (κ3) is 3.11. The van der Waals surface area contributed by atoms with Crippen molar-refractivity contribution in [1.82, 2.24) is 9.80 Å². The molecule has 0 spiro atoms. The minimum atomic E-state index is -0.539. The summed E-state index contributed by atoms with van der Waals surface area (Å²) < 4.78 is 5.98. The number of aliphatic hydroxyl groups is 1. The first-order valence-corrected chi connectivity index (χ1v) is 8.95. The lowest BCUT2D eigenvalue weighted by Gasteiger charge is -2.34. The third-order valence-electron chi connectivity index (χ3n) is 5.74. The van der Waals surface area contributed by atoms with Gasteiger partial charge in [-0.15, -0.1) is 0 Å². The Balaban J connectivity index is 1.84. The predicted molar refractivity (Wildman–Crippen MR) is 93.1 cm³/mol. The van der Waals surface area contributed by atoms with E-state index in [1.54, 1.807) is 0 Å². The minimum Gasteiger partial charge on any atom is -0.455 e. The van der Waals surface area contributed by atoms with Gasteiger partial charge in [-0.25, -0.2) is 0 Å². The number of nitrogens with zero attached hydrogens (tertiary/aromatic N) is 2. The first-order valence-electron chi connectivity index (χ1n) is 8.95. The Hall–Kier alpha value is -1.33. The van der Waals surface area contributed by atoms with Crippen molar-refractivity contribution in [2.45, 2.75) is 58.6 Å². The van der Waals surface area contributed by atoms with Gasteiger partial charge < -0.3 is 19.3 Å². The molecule has 134 valence electrons. The number of amides is 1. The molecular formula is C19H30N2O3. The Morgan fingerprint density at radius 1 is 1.33 bits per heavy atom. The van der Waals surface area contributed by atoms with E-state index >= 15 is 0 Å². The lowest BCUT2D eigenvalue weighted by atomic mass is 9.75. The van der Waals surface area contributed by atoms with Gasteiger partial charge in [-0.1, -0.05) is 13.8 Å². The molecule has 3 rings (SSSR count). The highest BCUT2D eigenvalue weighted by Gasteiger charge is 2.38. The number of fused-ring (bicyclic) bond motifs is 1. The second kappa shape index (κ2) is 6.19. The van der Waals surface area contributed by atoms with Crippen LogP contribution >= 0.6 is 0 Å². The van der Waals surface area contributed by atoms with E-state index in [1.165, 1.54) is 0 Å². The Morgan fingerprint density at radius 3 is 2.58 bits per heavy atom. The fourth-order valence-corrected chi connectivity index (χ4v) is 4.20. The molecule has 1 fully saturated rings. The second-order valence-electron chi connectivity index (χ2n) is 8.40. The molecule has 0 bridgehead atoms. The topological polar surface area (TPSA) is 56.9 Å². The van der Waals surface area contributed by atoms with Crippen molar-refractivity contribution in [2.75, 3.05) is 27.2 Å². The van der Waals surface area contributed by atoms with E-state index in [0.717, 1.165) is 49.2 Å². The highest BCUT2D eigenvalue weighted by Crippen LogP contribution is 2.44. The zero-order valence-corrected chi connectivity index (χ0v) is 15.6. The van der Waals surface area contributed by atoms with E-state index in [-0.39, 0.29) is 17.4 Å². The van der Waals surface area contributed by atoms with Gasteiger partial charge in [-0.05, 0) is 51.7 Å². The van der Waals surface area contributed by atoms with Crippen LogP contribution in [0.2, 0.25) is 0 Å². The molecular weight excluding hydrogens is 304 g/mol. The van der Waals surface area contributed by atoms with Crippen LogP contribution in [-0.2, 0) is 6.42 Å². The summed E-state index contributed by atoms with van der Waals surface area (Å²) in [7, 11) is 3.99. The molecule has 1 aromatic rings. The molecule has 1 aromatic heterocycles. The highest BCUT2D eigenvalue weighted by atomic mass is 16.4. The molecule has 0 saturated carbocycles. The lowest BCUT2D eigenvalue weighted by molar-refractivity contribution is 0.0620. The van der Waals surface area contributed by atoms with E-state index < -0.39 is 6.10 Å². The van der Waals surface area contributed by atoms with Gasteiger partial charge in [-0.3, -0.25) is 4.79 Å². The van der Waals surface area contributed by atoms with Crippen LogP contribution in [0.4, 0.5) is 0 Å². The molecule has 0 aromatic carbocycles. The minimum absolute atomic E-state index is 0.00309. The van der Waals surface area contributed by atoms with Crippen LogP contribution in [0.25, 0.3) is 0 Å². The van der Waals surface area contributed by atoms with E-state index in [2.05, 4.69) is 25.8 Å². The number of hydrogen-bond donors (Lipinski definition) is 1. The van der Waals surface area contributed by atoms with Crippen molar-refractivity contribution in [3.8, 4) is 0 Å². The first-order chi connectivity index (χ1) is 11.2. The summed E-state index contributed by atoms with van der Waals surface area (Å²) >= 11 is 0. The van der Waals surface area contributed by atoms with Crippen LogP contribution in [0.5, 0.6) is 0 Å². The van der Waals surface area contributed by atoms with Gasteiger partial charge in [0.05, 0.1) is 6.10 Å². The first kappa shape index (κ1) is 17.5. The van der Waals surface area contributed by atoms with Crippen LogP contribution in [0.3, 0.4) is 0 Å². The summed E-state index contributed by atoms with van der Waals surface area (Å²) in [5.41, 5.74) is 1.66. The maximum Gasteiger partial charge on any atom is 0.289 e. The summed E-state index contributed by atoms with van der Waals surface area (Å²) in [5, 5.41) is 10.5. The number of piperidine rings is 1. The van der Waals surface area contributed by atoms with Gasteiger partial charge in [-0.2, -0.15) is 0 Å². The van der Waals surface area contributed by atoms with E-state index in [9.17, 15) is 9.90 Å². The van der Waals surface area contributed by atoms with Crippen molar-refractivity contribution < 1.29 is 14.3 Å². The summed E-state index contributed by atoms with van der Waals surface area (Å²) in [6.45, 7) is 8.19. The summed E-state index contributed by atoms with van der Waals surface area (Å²) in [6.07, 6.45) is 2.93. The SMILES string of the molecule is Cc1c(C(=O)N(C)C2CCN(C)CC2)oc2c1C(O)CC(C)(C)C2. The van der Waals surface area contributed by atoms with Crippen molar-refractivity contribution in [3.63, 3.8) is 0 Å². The quantitative estimate of drug-likeness (QED) is 0.903.